The van der Waals surface area contributed by atoms with Crippen LogP contribution in [0.3, 0.4) is 0 Å². The SMILES string of the molecule is COc1ccc(C(OC[C@H]2O[C@@H](n3nnc4c(NC(=O)c5ccccc5)ncnc43)[C@@H](F)[C@@H]2OP(=S)(OCCC#N)OC[C@@H]2C[C@H](O[P+](=O)[O-])[C@H](n3nnc4c(=O)[nH]c(NC(=O)C(C)C)nc43)O2)(c2ccccc2)c2ccc(OC)cc2)cc1. The molecule has 31 heteroatoms. The molecule has 0 radical (unpaired) electrons. The Morgan fingerprint density at radius 2 is 1.50 bits per heavy atom. The van der Waals surface area contributed by atoms with Gasteiger partial charge in [0.1, 0.15) is 35.6 Å². The van der Waals surface area contributed by atoms with Crippen molar-refractivity contribution in [2.45, 2.75) is 75.3 Å². The maximum absolute atomic E-state index is 18.1. The molecule has 9 atom stereocenters. The molecule has 4 aromatic carbocycles. The van der Waals surface area contributed by atoms with E-state index in [0.717, 1.165) is 15.7 Å². The second-order valence-corrected chi connectivity index (χ2v) is 22.8. The van der Waals surface area contributed by atoms with Crippen molar-refractivity contribution in [3.05, 3.63) is 148 Å². The van der Waals surface area contributed by atoms with Crippen molar-refractivity contribution in [2.75, 3.05) is 44.7 Å². The highest BCUT2D eigenvalue weighted by molar-refractivity contribution is 8.07. The summed E-state index contributed by atoms with van der Waals surface area (Å²) in [6.07, 6.45) is -10.2. The molecule has 0 aliphatic carbocycles. The van der Waals surface area contributed by atoms with Gasteiger partial charge in [0.25, 0.3) is 11.5 Å². The van der Waals surface area contributed by atoms with E-state index in [1.807, 2.05) is 60.7 Å². The number of ether oxygens (including phenoxy) is 5. The molecule has 0 bridgehead atoms. The smallest absolute Gasteiger partial charge is 0.488 e. The summed E-state index contributed by atoms with van der Waals surface area (Å²) in [5, 5.41) is 31.3. The molecule has 2 amide bonds. The summed E-state index contributed by atoms with van der Waals surface area (Å²) in [6.45, 7) is -2.36. The molecule has 6 heterocycles. The molecule has 2 fully saturated rings. The van der Waals surface area contributed by atoms with Crippen LogP contribution in [0.25, 0.3) is 22.3 Å². The number of fused-ring (bicyclic) bond motifs is 2. The van der Waals surface area contributed by atoms with Gasteiger partial charge in [-0.1, -0.05) is 97.1 Å². The second-order valence-electron chi connectivity index (χ2n) is 19.1. The van der Waals surface area contributed by atoms with Crippen LogP contribution in [0.4, 0.5) is 16.2 Å². The topological polar surface area (TPSA) is 338 Å². The zero-order valence-electron chi connectivity index (χ0n) is 45.0. The number of aromatic amines is 1. The maximum atomic E-state index is 18.1. The number of rotatable bonds is 24. The molecule has 2 aliphatic heterocycles. The number of anilines is 2. The molecule has 4 aromatic heterocycles. The Hall–Kier alpha value is -7.97. The van der Waals surface area contributed by atoms with Crippen LogP contribution in [0.2, 0.25) is 0 Å². The van der Waals surface area contributed by atoms with Crippen LogP contribution in [0.15, 0.2) is 120 Å². The predicted molar refractivity (Wildman–Crippen MR) is 296 cm³/mol. The van der Waals surface area contributed by atoms with E-state index in [1.54, 1.807) is 82.7 Å². The zero-order chi connectivity index (χ0) is 59.1. The number of alkyl halides is 1. The predicted octanol–water partition coefficient (Wildman–Crippen LogP) is 6.10. The largest absolute Gasteiger partial charge is 0.566 e. The molecule has 2 unspecified atom stereocenters. The molecule has 84 heavy (non-hydrogen) atoms. The lowest BCUT2D eigenvalue weighted by Gasteiger charge is -2.37. The van der Waals surface area contributed by atoms with E-state index in [4.69, 9.17) is 53.6 Å². The molecule has 436 valence electrons. The van der Waals surface area contributed by atoms with Crippen molar-refractivity contribution in [2.24, 2.45) is 5.92 Å². The number of hydrogen-bond donors (Lipinski definition) is 3. The average Bonchev–Trinajstić information content (AvgIpc) is 3.70. The Bertz CT molecular complexity index is 3760. The molecular weight excluding hydrogens is 1160 g/mol. The van der Waals surface area contributed by atoms with Crippen molar-refractivity contribution in [1.29, 1.82) is 5.26 Å². The molecule has 10 rings (SSSR count). The third-order valence-electron chi connectivity index (χ3n) is 13.5. The van der Waals surface area contributed by atoms with E-state index < -0.39 is 100 Å². The molecule has 0 spiro atoms. The van der Waals surface area contributed by atoms with Crippen LogP contribution in [-0.2, 0) is 59.1 Å². The van der Waals surface area contributed by atoms with Gasteiger partial charge < -0.3 is 42.9 Å². The molecular formula is C53H52FN13O14P2S. The van der Waals surface area contributed by atoms with Gasteiger partial charge in [-0.25, -0.2) is 14.4 Å². The number of hydrogen-bond acceptors (Lipinski definition) is 23. The second kappa shape index (κ2) is 25.9. The first-order valence-electron chi connectivity index (χ1n) is 25.9. The van der Waals surface area contributed by atoms with Gasteiger partial charge in [-0.15, -0.1) is 14.7 Å². The summed E-state index contributed by atoms with van der Waals surface area (Å²) >= 11 is 6.05. The van der Waals surface area contributed by atoms with Gasteiger partial charge >= 0.3 is 15.0 Å². The van der Waals surface area contributed by atoms with Gasteiger partial charge in [0, 0.05) is 17.9 Å². The quantitative estimate of drug-likeness (QED) is 0.0349. The summed E-state index contributed by atoms with van der Waals surface area (Å²) in [7, 11) is -0.434. The maximum Gasteiger partial charge on any atom is 0.488 e. The van der Waals surface area contributed by atoms with Crippen LogP contribution in [0, 0.1) is 17.2 Å². The Kier molecular flexibility index (Phi) is 18.2. The summed E-state index contributed by atoms with van der Waals surface area (Å²) in [4.78, 5) is 66.5. The third kappa shape index (κ3) is 12.6. The number of carbonyl (C=O) groups is 2. The van der Waals surface area contributed by atoms with Crippen LogP contribution in [0.5, 0.6) is 11.5 Å². The van der Waals surface area contributed by atoms with E-state index in [1.165, 1.54) is 0 Å². The first-order valence-corrected chi connectivity index (χ1v) is 29.5. The number of benzene rings is 4. The molecule has 27 nitrogen and oxygen atoms in total. The highest BCUT2D eigenvalue weighted by Gasteiger charge is 2.53. The molecule has 3 N–H and O–H groups in total. The highest BCUT2D eigenvalue weighted by atomic mass is 32.5. The van der Waals surface area contributed by atoms with E-state index in [0.29, 0.717) is 33.8 Å². The van der Waals surface area contributed by atoms with Crippen LogP contribution >= 0.6 is 15.0 Å². The normalized spacial score (nSPS) is 20.6. The highest BCUT2D eigenvalue weighted by Crippen LogP contribution is 2.55. The minimum atomic E-state index is -4.30. The van der Waals surface area contributed by atoms with Crippen molar-refractivity contribution >= 4 is 72.7 Å². The monoisotopic (exact) mass is 1210 g/mol. The molecule has 8 aromatic rings. The van der Waals surface area contributed by atoms with E-state index in [9.17, 15) is 29.1 Å². The van der Waals surface area contributed by atoms with Gasteiger partial charge in [0.05, 0.1) is 52.6 Å². The summed E-state index contributed by atoms with van der Waals surface area (Å²) in [6, 6.07) is 34.0. The molecule has 0 saturated carbocycles. The molecule has 2 aliphatic rings. The number of nitriles is 1. The van der Waals surface area contributed by atoms with Gasteiger partial charge in [-0.2, -0.15) is 19.6 Å². The van der Waals surface area contributed by atoms with Crippen molar-refractivity contribution in [1.82, 2.24) is 49.9 Å². The number of carbonyl (C=O) groups excluding carboxylic acids is 2. The van der Waals surface area contributed by atoms with Gasteiger partial charge in [-0.05, 0) is 69.5 Å². The summed E-state index contributed by atoms with van der Waals surface area (Å²) in [5.74, 6) is -0.620. The van der Waals surface area contributed by atoms with Crippen LogP contribution < -0.4 is 30.6 Å². The van der Waals surface area contributed by atoms with Crippen molar-refractivity contribution in [3.63, 3.8) is 0 Å². The van der Waals surface area contributed by atoms with Gasteiger partial charge in [-0.3, -0.25) is 29.2 Å². The van der Waals surface area contributed by atoms with Crippen molar-refractivity contribution in [3.8, 4) is 17.6 Å². The first kappa shape index (κ1) is 59.2. The van der Waals surface area contributed by atoms with E-state index in [2.05, 4.69) is 51.2 Å². The lowest BCUT2D eigenvalue weighted by Crippen LogP contribution is -2.40. The number of aromatic nitrogens is 10. The van der Waals surface area contributed by atoms with E-state index >= 15 is 4.39 Å². The third-order valence-corrected chi connectivity index (χ3v) is 16.3. The zero-order valence-corrected chi connectivity index (χ0v) is 47.6. The number of nitrogens with one attached hydrogen (secondary N) is 3. The van der Waals surface area contributed by atoms with E-state index in [-0.39, 0.29) is 53.5 Å². The average molecular weight is 1210 g/mol. The summed E-state index contributed by atoms with van der Waals surface area (Å²) < 4.78 is 87.8. The standard InChI is InChI=1S/C53H52FN13O14P2S/c1-30(2)47(68)60-52-59-46-42(49(70)61-52)63-65-67(46)50-38(80-82(71)72)26-37(78-50)27-77-83(84,76-25-11-24-55)81-43-39(79-51(40(43)54)66-45-41(62-64-66)44(56-29-57-45)58-48(69)31-12-7-5-8-13-31)28-75-53(32-14-9-6-10-15-32,33-16-20-35(73-3)21-17-33)34-18-22-36(74-4)23-19-34/h5-10,12-23,29-30,37-40,43,50-51H,11,25-28H2,1-4H3,(H,56,57,58,69)(H2,59,60,61,68,70)/t37-,38-,39+,40-,43+,50+,51+,83?/m0/s1. The Morgan fingerprint density at radius 1 is 0.869 bits per heavy atom. The lowest BCUT2D eigenvalue weighted by atomic mass is 9.80. The number of halogens is 1. The van der Waals surface area contributed by atoms with Gasteiger partial charge in [0.15, 0.2) is 52.9 Å². The fourth-order valence-corrected chi connectivity index (χ4v) is 12.0. The number of H-pyrrole nitrogens is 1. The Morgan fingerprint density at radius 3 is 2.13 bits per heavy atom. The number of methoxy groups -OCH3 is 2. The van der Waals surface area contributed by atoms with Crippen LogP contribution in [-0.4, -0.2) is 126 Å². The fraction of sp³-hybridized carbons (Fsp3) is 0.340. The van der Waals surface area contributed by atoms with Crippen molar-refractivity contribution < 1.29 is 65.2 Å². The number of amides is 2. The Balaban J connectivity index is 1.00. The minimum Gasteiger partial charge on any atom is -0.566 e. The summed E-state index contributed by atoms with van der Waals surface area (Å²) in [5.41, 5.74) is -0.538. The van der Waals surface area contributed by atoms with Crippen LogP contribution in [0.1, 0.15) is 66.2 Å². The number of nitrogens with zero attached hydrogens (tertiary/aromatic N) is 10. The lowest BCUT2D eigenvalue weighted by molar-refractivity contribution is -0.192. The molecule has 2 saturated heterocycles. The fourth-order valence-electron chi connectivity index (χ4n) is 9.43. The first-order chi connectivity index (χ1) is 40.6. The Labute approximate surface area is 482 Å². The van der Waals surface area contributed by atoms with Gasteiger partial charge in [0.2, 0.25) is 11.9 Å². The minimum absolute atomic E-state index is 0.0105.